The molecule has 6 nitrogen and oxygen atoms in total. The lowest BCUT2D eigenvalue weighted by molar-refractivity contribution is 0.0661. The average Bonchev–Trinajstić information content (AvgIpc) is 2.94. The third kappa shape index (κ3) is 4.17. The van der Waals surface area contributed by atoms with Gasteiger partial charge in [-0.05, 0) is 37.1 Å². The van der Waals surface area contributed by atoms with Crippen molar-refractivity contribution in [1.82, 2.24) is 19.9 Å². The standard InChI is InChI=1S/C17H23FN4O2/c1-12-9-14(18)3-4-15(12)16(23)10-21-5-7-22(8-6-21)11-17-19-13(2)20-24-17/h3-4,9,16,23H,5-8,10-11H2,1-2H3. The number of nitrogens with zero attached hydrogens (tertiary/aromatic N) is 4. The fourth-order valence-corrected chi connectivity index (χ4v) is 3.08. The number of hydrogen-bond donors (Lipinski definition) is 1. The zero-order chi connectivity index (χ0) is 17.1. The van der Waals surface area contributed by atoms with E-state index in [-0.39, 0.29) is 5.82 Å². The number of rotatable bonds is 5. The summed E-state index contributed by atoms with van der Waals surface area (Å²) in [6, 6.07) is 4.53. The van der Waals surface area contributed by atoms with E-state index in [2.05, 4.69) is 19.9 Å². The Bertz CT molecular complexity index is 683. The van der Waals surface area contributed by atoms with E-state index in [1.54, 1.807) is 6.07 Å². The number of aryl methyl sites for hydroxylation is 2. The molecule has 0 bridgehead atoms. The van der Waals surface area contributed by atoms with Crippen molar-refractivity contribution in [2.75, 3.05) is 32.7 Å². The van der Waals surface area contributed by atoms with Crippen LogP contribution in [0.4, 0.5) is 4.39 Å². The highest BCUT2D eigenvalue weighted by Gasteiger charge is 2.22. The monoisotopic (exact) mass is 334 g/mol. The number of aromatic nitrogens is 2. The van der Waals surface area contributed by atoms with Crippen LogP contribution in [0.1, 0.15) is 28.9 Å². The molecule has 1 aliphatic rings. The summed E-state index contributed by atoms with van der Waals surface area (Å²) in [7, 11) is 0. The van der Waals surface area contributed by atoms with Gasteiger partial charge in [-0.25, -0.2) is 4.39 Å². The summed E-state index contributed by atoms with van der Waals surface area (Å²) in [5, 5.41) is 14.2. The minimum atomic E-state index is -0.601. The number of aliphatic hydroxyl groups excluding tert-OH is 1. The van der Waals surface area contributed by atoms with Gasteiger partial charge in [-0.3, -0.25) is 9.80 Å². The van der Waals surface area contributed by atoms with E-state index in [9.17, 15) is 9.50 Å². The van der Waals surface area contributed by atoms with Crippen LogP contribution in [-0.2, 0) is 6.54 Å². The molecule has 3 rings (SSSR count). The van der Waals surface area contributed by atoms with Crippen molar-refractivity contribution in [3.63, 3.8) is 0 Å². The molecule has 2 aromatic rings. The van der Waals surface area contributed by atoms with Crippen molar-refractivity contribution in [3.8, 4) is 0 Å². The molecule has 0 radical (unpaired) electrons. The van der Waals surface area contributed by atoms with Crippen molar-refractivity contribution < 1.29 is 14.0 Å². The Kier molecular flexibility index (Phi) is 5.23. The normalized spacial score (nSPS) is 18.0. The van der Waals surface area contributed by atoms with Gasteiger partial charge in [0.2, 0.25) is 5.89 Å². The minimum Gasteiger partial charge on any atom is -0.387 e. The van der Waals surface area contributed by atoms with E-state index in [4.69, 9.17) is 4.52 Å². The van der Waals surface area contributed by atoms with E-state index in [1.165, 1.54) is 12.1 Å². The van der Waals surface area contributed by atoms with Crippen LogP contribution in [0.25, 0.3) is 0 Å². The Balaban J connectivity index is 1.49. The molecule has 0 aliphatic carbocycles. The molecule has 1 aromatic carbocycles. The van der Waals surface area contributed by atoms with E-state index in [0.717, 1.165) is 37.3 Å². The van der Waals surface area contributed by atoms with Crippen LogP contribution >= 0.6 is 0 Å². The number of benzene rings is 1. The third-order valence-electron chi connectivity index (χ3n) is 4.42. The fraction of sp³-hybridized carbons (Fsp3) is 0.529. The first-order valence-electron chi connectivity index (χ1n) is 8.19. The second-order valence-corrected chi connectivity index (χ2v) is 6.33. The van der Waals surface area contributed by atoms with Gasteiger partial charge in [0.05, 0.1) is 12.6 Å². The van der Waals surface area contributed by atoms with E-state index in [1.807, 2.05) is 13.8 Å². The molecule has 1 aliphatic heterocycles. The Labute approximate surface area is 140 Å². The largest absolute Gasteiger partial charge is 0.387 e. The summed E-state index contributed by atoms with van der Waals surface area (Å²) < 4.78 is 18.3. The van der Waals surface area contributed by atoms with E-state index < -0.39 is 6.10 Å². The quantitative estimate of drug-likeness (QED) is 0.897. The molecule has 0 saturated carbocycles. The first-order chi connectivity index (χ1) is 11.5. The second kappa shape index (κ2) is 7.38. The Morgan fingerprint density at radius 3 is 2.54 bits per heavy atom. The Hall–Kier alpha value is -1.83. The van der Waals surface area contributed by atoms with Gasteiger partial charge in [0.1, 0.15) is 5.82 Å². The summed E-state index contributed by atoms with van der Waals surface area (Å²) in [4.78, 5) is 8.71. The lowest BCUT2D eigenvalue weighted by Crippen LogP contribution is -2.47. The van der Waals surface area contributed by atoms with Crippen LogP contribution in [-0.4, -0.2) is 57.8 Å². The van der Waals surface area contributed by atoms with Gasteiger partial charge >= 0.3 is 0 Å². The van der Waals surface area contributed by atoms with Crippen molar-refractivity contribution in [3.05, 3.63) is 46.9 Å². The van der Waals surface area contributed by atoms with Gasteiger partial charge in [0.15, 0.2) is 5.82 Å². The molecule has 0 spiro atoms. The summed E-state index contributed by atoms with van der Waals surface area (Å²) in [6.45, 7) is 8.35. The predicted molar refractivity (Wildman–Crippen MR) is 86.8 cm³/mol. The predicted octanol–water partition coefficient (Wildman–Crippen LogP) is 1.68. The summed E-state index contributed by atoms with van der Waals surface area (Å²) in [5.41, 5.74) is 1.58. The van der Waals surface area contributed by atoms with Crippen LogP contribution in [0.3, 0.4) is 0 Å². The number of β-amino-alcohol motifs (C(OH)–C–C–N with tert-alkyl or cyclic N) is 1. The first kappa shape index (κ1) is 17.0. The lowest BCUT2D eigenvalue weighted by atomic mass is 10.0. The third-order valence-corrected chi connectivity index (χ3v) is 4.42. The second-order valence-electron chi connectivity index (χ2n) is 6.33. The van der Waals surface area contributed by atoms with Gasteiger partial charge < -0.3 is 9.63 Å². The minimum absolute atomic E-state index is 0.270. The smallest absolute Gasteiger partial charge is 0.240 e. The summed E-state index contributed by atoms with van der Waals surface area (Å²) in [6.07, 6.45) is -0.601. The molecular weight excluding hydrogens is 311 g/mol. The number of hydrogen-bond acceptors (Lipinski definition) is 6. The maximum absolute atomic E-state index is 13.2. The van der Waals surface area contributed by atoms with Crippen LogP contribution in [0, 0.1) is 19.7 Å². The molecule has 1 atom stereocenters. The van der Waals surface area contributed by atoms with Gasteiger partial charge in [0, 0.05) is 32.7 Å². The zero-order valence-electron chi connectivity index (χ0n) is 14.1. The topological polar surface area (TPSA) is 65.6 Å². The van der Waals surface area contributed by atoms with Crippen LogP contribution < -0.4 is 0 Å². The number of piperazine rings is 1. The molecule has 2 heterocycles. The Morgan fingerprint density at radius 2 is 1.92 bits per heavy atom. The molecule has 0 amide bonds. The first-order valence-corrected chi connectivity index (χ1v) is 8.19. The van der Waals surface area contributed by atoms with Crippen molar-refractivity contribution in [1.29, 1.82) is 0 Å². The molecule has 1 aromatic heterocycles. The molecule has 1 saturated heterocycles. The van der Waals surface area contributed by atoms with Crippen LogP contribution in [0.5, 0.6) is 0 Å². The fourth-order valence-electron chi connectivity index (χ4n) is 3.08. The average molecular weight is 334 g/mol. The van der Waals surface area contributed by atoms with E-state index >= 15 is 0 Å². The molecule has 1 fully saturated rings. The molecule has 1 N–H and O–H groups in total. The van der Waals surface area contributed by atoms with Gasteiger partial charge in [-0.15, -0.1) is 0 Å². The molecule has 130 valence electrons. The van der Waals surface area contributed by atoms with Crippen LogP contribution in [0.2, 0.25) is 0 Å². The molecule has 24 heavy (non-hydrogen) atoms. The maximum Gasteiger partial charge on any atom is 0.240 e. The highest BCUT2D eigenvalue weighted by atomic mass is 19.1. The lowest BCUT2D eigenvalue weighted by Gasteiger charge is -2.35. The van der Waals surface area contributed by atoms with Crippen molar-refractivity contribution in [2.24, 2.45) is 0 Å². The highest BCUT2D eigenvalue weighted by Crippen LogP contribution is 2.20. The van der Waals surface area contributed by atoms with Gasteiger partial charge in [-0.1, -0.05) is 11.2 Å². The molecular formula is C17H23FN4O2. The van der Waals surface area contributed by atoms with Crippen molar-refractivity contribution in [2.45, 2.75) is 26.5 Å². The van der Waals surface area contributed by atoms with Gasteiger partial charge in [-0.2, -0.15) is 4.98 Å². The zero-order valence-corrected chi connectivity index (χ0v) is 14.1. The SMILES string of the molecule is Cc1noc(CN2CCN(CC(O)c3ccc(F)cc3C)CC2)n1. The Morgan fingerprint density at radius 1 is 1.21 bits per heavy atom. The molecule has 7 heteroatoms. The van der Waals surface area contributed by atoms with Crippen LogP contribution in [0.15, 0.2) is 22.7 Å². The highest BCUT2D eigenvalue weighted by molar-refractivity contribution is 5.28. The maximum atomic E-state index is 13.2. The summed E-state index contributed by atoms with van der Waals surface area (Å²) >= 11 is 0. The molecule has 1 unspecified atom stereocenters. The van der Waals surface area contributed by atoms with Crippen molar-refractivity contribution >= 4 is 0 Å². The van der Waals surface area contributed by atoms with E-state index in [0.29, 0.717) is 24.8 Å². The number of aliphatic hydroxyl groups is 1. The number of halogens is 1. The summed E-state index contributed by atoms with van der Waals surface area (Å²) in [5.74, 6) is 1.03. The van der Waals surface area contributed by atoms with Gasteiger partial charge in [0.25, 0.3) is 0 Å².